The van der Waals surface area contributed by atoms with E-state index in [0.717, 1.165) is 73.8 Å². The molecule has 0 spiro atoms. The first-order valence-corrected chi connectivity index (χ1v) is 12.3. The van der Waals surface area contributed by atoms with Crippen LogP contribution in [0.4, 0.5) is 19.7 Å². The van der Waals surface area contributed by atoms with E-state index in [4.69, 9.17) is 4.98 Å². The molecule has 176 valence electrons. The summed E-state index contributed by atoms with van der Waals surface area (Å²) in [6, 6.07) is 5.25. The fourth-order valence-electron chi connectivity index (χ4n) is 4.79. The maximum absolute atomic E-state index is 14.5. The first-order valence-electron chi connectivity index (χ1n) is 11.5. The average Bonchev–Trinajstić information content (AvgIpc) is 3.56. The lowest BCUT2D eigenvalue weighted by atomic mass is 10.0. The highest BCUT2D eigenvalue weighted by molar-refractivity contribution is 7.18. The zero-order valence-electron chi connectivity index (χ0n) is 18.5. The van der Waals surface area contributed by atoms with Crippen LogP contribution in [-0.2, 0) is 0 Å². The number of nitrogens with zero attached hydrogens (tertiary/aromatic N) is 7. The van der Waals surface area contributed by atoms with Gasteiger partial charge < -0.3 is 15.1 Å². The van der Waals surface area contributed by atoms with Gasteiger partial charge in [0.15, 0.2) is 10.7 Å². The van der Waals surface area contributed by atoms with Crippen LogP contribution >= 0.6 is 11.3 Å². The summed E-state index contributed by atoms with van der Waals surface area (Å²) in [6.45, 7) is 4.52. The number of fused-ring (bicyclic) bond motifs is 1. The van der Waals surface area contributed by atoms with Crippen LogP contribution in [0.5, 0.6) is 0 Å². The minimum atomic E-state index is -0.433. The molecule has 1 N–H and O–H groups in total. The van der Waals surface area contributed by atoms with E-state index in [1.165, 1.54) is 23.5 Å². The van der Waals surface area contributed by atoms with Crippen molar-refractivity contribution >= 4 is 27.9 Å². The van der Waals surface area contributed by atoms with Crippen molar-refractivity contribution in [2.75, 3.05) is 42.5 Å². The molecule has 0 amide bonds. The first kappa shape index (κ1) is 21.4. The summed E-state index contributed by atoms with van der Waals surface area (Å²) in [6.07, 6.45) is 6.29. The molecule has 0 aliphatic carbocycles. The van der Waals surface area contributed by atoms with Crippen LogP contribution < -0.4 is 15.1 Å². The van der Waals surface area contributed by atoms with Crippen molar-refractivity contribution in [3.05, 3.63) is 53.9 Å². The summed E-state index contributed by atoms with van der Waals surface area (Å²) in [5.41, 5.74) is 1.85. The molecule has 2 fully saturated rings. The highest BCUT2D eigenvalue weighted by atomic mass is 32.1. The molecular formula is C23H24F2N8S. The van der Waals surface area contributed by atoms with Crippen molar-refractivity contribution in [3.63, 3.8) is 0 Å². The summed E-state index contributed by atoms with van der Waals surface area (Å²) >= 11 is 1.54. The van der Waals surface area contributed by atoms with E-state index in [-0.39, 0.29) is 6.04 Å². The molecule has 2 aliphatic rings. The summed E-state index contributed by atoms with van der Waals surface area (Å²) in [5, 5.41) is 18.4. The molecule has 4 aromatic rings. The standard InChI is InChI=1S/C23H24F2N8S/c24-15-4-5-18(25)16(13-15)19-3-1-10-32(19)20-6-11-33-21(28-20)17(14-27-33)22-29-30-23(34-22)31-9-2-7-26-8-12-31/h4-6,11,13-14,19,26H,1-3,7-10,12H2/t19-/m1/s1. The Bertz CT molecular complexity index is 1310. The van der Waals surface area contributed by atoms with Crippen molar-refractivity contribution in [2.45, 2.75) is 25.3 Å². The minimum absolute atomic E-state index is 0.262. The second-order valence-electron chi connectivity index (χ2n) is 8.61. The normalized spacial score (nSPS) is 19.2. The van der Waals surface area contributed by atoms with Gasteiger partial charge in [-0.3, -0.25) is 0 Å². The van der Waals surface area contributed by atoms with E-state index in [9.17, 15) is 8.78 Å². The Kier molecular flexibility index (Phi) is 5.58. The molecular weight excluding hydrogens is 458 g/mol. The molecule has 0 unspecified atom stereocenters. The molecule has 2 aliphatic heterocycles. The zero-order valence-corrected chi connectivity index (χ0v) is 19.3. The Labute approximate surface area is 199 Å². The molecule has 11 heteroatoms. The molecule has 8 nitrogen and oxygen atoms in total. The zero-order chi connectivity index (χ0) is 23.1. The fourth-order valence-corrected chi connectivity index (χ4v) is 5.70. The van der Waals surface area contributed by atoms with Gasteiger partial charge >= 0.3 is 0 Å². The number of aromatic nitrogens is 5. The molecule has 6 rings (SSSR count). The van der Waals surface area contributed by atoms with Crippen LogP contribution in [0, 0.1) is 11.6 Å². The molecule has 34 heavy (non-hydrogen) atoms. The molecule has 2 saturated heterocycles. The molecule has 0 radical (unpaired) electrons. The lowest BCUT2D eigenvalue weighted by Gasteiger charge is -2.26. The van der Waals surface area contributed by atoms with Gasteiger partial charge in [0.25, 0.3) is 0 Å². The van der Waals surface area contributed by atoms with Crippen LogP contribution in [0.3, 0.4) is 0 Å². The monoisotopic (exact) mass is 482 g/mol. The summed E-state index contributed by atoms with van der Waals surface area (Å²) < 4.78 is 30.1. The number of halogens is 2. The van der Waals surface area contributed by atoms with Gasteiger partial charge in [0.05, 0.1) is 17.8 Å². The predicted molar refractivity (Wildman–Crippen MR) is 127 cm³/mol. The van der Waals surface area contributed by atoms with Crippen LogP contribution in [0.1, 0.15) is 30.9 Å². The predicted octanol–water partition coefficient (Wildman–Crippen LogP) is 3.67. The van der Waals surface area contributed by atoms with Gasteiger partial charge in [0, 0.05) is 37.9 Å². The lowest BCUT2D eigenvalue weighted by molar-refractivity contribution is 0.560. The summed E-state index contributed by atoms with van der Waals surface area (Å²) in [4.78, 5) is 9.19. The summed E-state index contributed by atoms with van der Waals surface area (Å²) in [5.74, 6) is -0.115. The van der Waals surface area contributed by atoms with Crippen LogP contribution in [0.15, 0.2) is 36.7 Å². The Morgan fingerprint density at radius 2 is 1.97 bits per heavy atom. The van der Waals surface area contributed by atoms with Gasteiger partial charge in [-0.1, -0.05) is 11.3 Å². The van der Waals surface area contributed by atoms with E-state index in [1.807, 2.05) is 17.2 Å². The number of hydrogen-bond donors (Lipinski definition) is 1. The van der Waals surface area contributed by atoms with Crippen molar-refractivity contribution in [3.8, 4) is 10.6 Å². The minimum Gasteiger partial charge on any atom is -0.349 e. The highest BCUT2D eigenvalue weighted by Gasteiger charge is 2.30. The fraction of sp³-hybridized carbons (Fsp3) is 0.391. The third-order valence-corrected chi connectivity index (χ3v) is 7.49. The van der Waals surface area contributed by atoms with E-state index >= 15 is 0 Å². The van der Waals surface area contributed by atoms with Gasteiger partial charge in [0.2, 0.25) is 5.13 Å². The maximum atomic E-state index is 14.5. The SMILES string of the molecule is Fc1ccc(F)c([C@H]2CCCN2c2ccn3ncc(-c4nnc(N5CCCNCC5)s4)c3n2)c1. The van der Waals surface area contributed by atoms with Gasteiger partial charge in [-0.2, -0.15) is 5.10 Å². The second-order valence-corrected chi connectivity index (χ2v) is 9.57. The topological polar surface area (TPSA) is 74.5 Å². The Balaban J connectivity index is 1.33. The smallest absolute Gasteiger partial charge is 0.208 e. The largest absolute Gasteiger partial charge is 0.349 e. The van der Waals surface area contributed by atoms with Crippen LogP contribution in [0.25, 0.3) is 16.2 Å². The van der Waals surface area contributed by atoms with Gasteiger partial charge in [-0.15, -0.1) is 10.2 Å². The molecule has 0 saturated carbocycles. The van der Waals surface area contributed by atoms with E-state index in [2.05, 4.69) is 25.5 Å². The van der Waals surface area contributed by atoms with Crippen LogP contribution in [-0.4, -0.2) is 57.5 Å². The molecule has 1 atom stereocenters. The molecule has 1 aromatic carbocycles. The van der Waals surface area contributed by atoms with E-state index in [0.29, 0.717) is 17.0 Å². The van der Waals surface area contributed by atoms with Gasteiger partial charge in [0.1, 0.15) is 17.5 Å². The third-order valence-electron chi connectivity index (χ3n) is 6.47. The number of hydrogen-bond acceptors (Lipinski definition) is 8. The maximum Gasteiger partial charge on any atom is 0.208 e. The van der Waals surface area contributed by atoms with Crippen molar-refractivity contribution in [2.24, 2.45) is 0 Å². The third kappa shape index (κ3) is 3.88. The van der Waals surface area contributed by atoms with Crippen molar-refractivity contribution in [1.29, 1.82) is 0 Å². The first-order chi connectivity index (χ1) is 16.7. The number of benzene rings is 1. The Morgan fingerprint density at radius 3 is 2.91 bits per heavy atom. The molecule has 5 heterocycles. The lowest BCUT2D eigenvalue weighted by Crippen LogP contribution is -2.27. The number of rotatable bonds is 4. The number of nitrogens with one attached hydrogen (secondary N) is 1. The average molecular weight is 483 g/mol. The molecule has 3 aromatic heterocycles. The molecule has 0 bridgehead atoms. The summed E-state index contributed by atoms with van der Waals surface area (Å²) in [7, 11) is 0. The second kappa shape index (κ2) is 8.88. The Hall–Kier alpha value is -3.18. The number of anilines is 2. The quantitative estimate of drug-likeness (QED) is 0.476. The highest BCUT2D eigenvalue weighted by Crippen LogP contribution is 2.38. The van der Waals surface area contributed by atoms with Crippen molar-refractivity contribution < 1.29 is 8.78 Å². The van der Waals surface area contributed by atoms with Gasteiger partial charge in [-0.25, -0.2) is 18.3 Å². The van der Waals surface area contributed by atoms with E-state index in [1.54, 1.807) is 10.7 Å². The van der Waals surface area contributed by atoms with Gasteiger partial charge in [-0.05, 0) is 50.1 Å². The van der Waals surface area contributed by atoms with E-state index < -0.39 is 11.6 Å². The Morgan fingerprint density at radius 1 is 1.03 bits per heavy atom. The van der Waals surface area contributed by atoms with Crippen molar-refractivity contribution in [1.82, 2.24) is 30.1 Å². The van der Waals surface area contributed by atoms with Crippen LogP contribution in [0.2, 0.25) is 0 Å².